The van der Waals surface area contributed by atoms with Gasteiger partial charge in [0, 0.05) is 34.1 Å². The molecule has 3 aliphatic carbocycles. The van der Waals surface area contributed by atoms with Gasteiger partial charge >= 0.3 is 0 Å². The second kappa shape index (κ2) is 16.0. The Kier molecular flexibility index (Phi) is 10.7. The van der Waals surface area contributed by atoms with E-state index in [1.165, 1.54) is 71.9 Å². The highest BCUT2D eigenvalue weighted by molar-refractivity contribution is 5.74. The molecular weight excluding hydrogens is 609 g/mol. The van der Waals surface area contributed by atoms with Gasteiger partial charge < -0.3 is 9.47 Å². The Morgan fingerprint density at radius 3 is 1.16 bits per heavy atom. The molecule has 0 unspecified atom stereocenters. The summed E-state index contributed by atoms with van der Waals surface area (Å²) in [5, 5.41) is 0. The fourth-order valence-electron chi connectivity index (χ4n) is 7.49. The smallest absolute Gasteiger partial charge is 0.119 e. The van der Waals surface area contributed by atoms with Crippen LogP contribution in [0.25, 0.3) is 0 Å². The molecule has 5 aromatic carbocycles. The maximum absolute atomic E-state index is 5.98. The molecule has 3 aliphatic rings. The van der Waals surface area contributed by atoms with E-state index in [2.05, 4.69) is 122 Å². The fourth-order valence-corrected chi connectivity index (χ4v) is 7.49. The van der Waals surface area contributed by atoms with Crippen LogP contribution in [0.4, 0.5) is 0 Å². The molecule has 2 nitrogen and oxygen atoms in total. The SMILES string of the molecule is CCCCCCOc1ccc(C#Cc2ccc(C#Cc3ccc(OCCCCCC)cc3)c3c2C2c4ccccc4C3c3ccccc32)cc1. The Morgan fingerprint density at radius 2 is 0.800 bits per heavy atom. The summed E-state index contributed by atoms with van der Waals surface area (Å²) in [7, 11) is 0. The molecule has 5 aromatic rings. The van der Waals surface area contributed by atoms with Crippen molar-refractivity contribution in [1.82, 2.24) is 0 Å². The Hall–Kier alpha value is -5.18. The Bertz CT molecular complexity index is 1850. The van der Waals surface area contributed by atoms with Crippen molar-refractivity contribution < 1.29 is 9.47 Å². The number of ether oxygens (including phenoxy) is 2. The van der Waals surface area contributed by atoms with Crippen LogP contribution in [0, 0.1) is 23.7 Å². The van der Waals surface area contributed by atoms with Gasteiger partial charge in [0.25, 0.3) is 0 Å². The van der Waals surface area contributed by atoms with E-state index in [0.717, 1.165) is 59.8 Å². The lowest BCUT2D eigenvalue weighted by Crippen LogP contribution is -2.29. The van der Waals surface area contributed by atoms with Crippen LogP contribution in [0.15, 0.2) is 109 Å². The molecular formula is C48H46O2. The number of benzene rings is 5. The summed E-state index contributed by atoms with van der Waals surface area (Å²) in [6.07, 6.45) is 9.61. The van der Waals surface area contributed by atoms with Crippen LogP contribution in [-0.2, 0) is 0 Å². The van der Waals surface area contributed by atoms with Gasteiger partial charge in [0.2, 0.25) is 0 Å². The van der Waals surface area contributed by atoms with Gasteiger partial charge in [-0.2, -0.15) is 0 Å². The average molecular weight is 655 g/mol. The maximum atomic E-state index is 5.98. The first-order valence-electron chi connectivity index (χ1n) is 18.6. The molecule has 0 atom stereocenters. The second-order valence-corrected chi connectivity index (χ2v) is 13.5. The lowest BCUT2D eigenvalue weighted by atomic mass is 9.59. The van der Waals surface area contributed by atoms with Crippen molar-refractivity contribution in [1.29, 1.82) is 0 Å². The van der Waals surface area contributed by atoms with Gasteiger partial charge in [-0.1, -0.05) is 125 Å². The van der Waals surface area contributed by atoms with Crippen LogP contribution in [0.1, 0.15) is 133 Å². The van der Waals surface area contributed by atoms with E-state index in [1.54, 1.807) is 0 Å². The monoisotopic (exact) mass is 654 g/mol. The average Bonchev–Trinajstić information content (AvgIpc) is 3.17. The lowest BCUT2D eigenvalue weighted by molar-refractivity contribution is 0.305. The first kappa shape index (κ1) is 33.3. The quantitative estimate of drug-likeness (QED) is 0.0964. The predicted octanol–water partition coefficient (Wildman–Crippen LogP) is 11.4. The highest BCUT2D eigenvalue weighted by Crippen LogP contribution is 2.57. The molecule has 0 saturated heterocycles. The van der Waals surface area contributed by atoms with Crippen molar-refractivity contribution >= 4 is 0 Å². The van der Waals surface area contributed by atoms with Crippen LogP contribution in [0.2, 0.25) is 0 Å². The van der Waals surface area contributed by atoms with Crippen LogP contribution >= 0.6 is 0 Å². The molecule has 0 saturated carbocycles. The van der Waals surface area contributed by atoms with E-state index in [4.69, 9.17) is 9.47 Å². The van der Waals surface area contributed by atoms with Gasteiger partial charge in [-0.3, -0.25) is 0 Å². The molecule has 0 heterocycles. The maximum Gasteiger partial charge on any atom is 0.119 e. The molecule has 0 spiro atoms. The van der Waals surface area contributed by atoms with Crippen molar-refractivity contribution in [2.45, 2.75) is 77.0 Å². The first-order valence-corrected chi connectivity index (χ1v) is 18.6. The summed E-state index contributed by atoms with van der Waals surface area (Å²) in [4.78, 5) is 0. The highest BCUT2D eigenvalue weighted by Gasteiger charge is 2.43. The van der Waals surface area contributed by atoms with Gasteiger partial charge in [-0.05, 0) is 107 Å². The summed E-state index contributed by atoms with van der Waals surface area (Å²) in [5.74, 6) is 16.2. The molecule has 0 aliphatic heterocycles. The van der Waals surface area contributed by atoms with E-state index in [-0.39, 0.29) is 11.8 Å². The van der Waals surface area contributed by atoms with E-state index in [9.17, 15) is 0 Å². The van der Waals surface area contributed by atoms with Crippen molar-refractivity contribution in [3.8, 4) is 35.2 Å². The van der Waals surface area contributed by atoms with Gasteiger partial charge in [-0.15, -0.1) is 0 Å². The van der Waals surface area contributed by atoms with Gasteiger partial charge in [0.05, 0.1) is 13.2 Å². The van der Waals surface area contributed by atoms with Crippen LogP contribution in [0.3, 0.4) is 0 Å². The zero-order chi connectivity index (χ0) is 34.1. The van der Waals surface area contributed by atoms with Crippen molar-refractivity contribution in [2.24, 2.45) is 0 Å². The molecule has 2 bridgehead atoms. The molecule has 2 heteroatoms. The van der Waals surface area contributed by atoms with E-state index >= 15 is 0 Å². The van der Waals surface area contributed by atoms with Gasteiger partial charge in [0.15, 0.2) is 0 Å². The predicted molar refractivity (Wildman–Crippen MR) is 205 cm³/mol. The van der Waals surface area contributed by atoms with Crippen LogP contribution in [0.5, 0.6) is 11.5 Å². The minimum atomic E-state index is 0.116. The van der Waals surface area contributed by atoms with Crippen molar-refractivity contribution in [2.75, 3.05) is 13.2 Å². The minimum Gasteiger partial charge on any atom is -0.494 e. The molecule has 0 N–H and O–H groups in total. The molecule has 0 fully saturated rings. The third kappa shape index (κ3) is 7.22. The van der Waals surface area contributed by atoms with E-state index in [0.29, 0.717) is 0 Å². The summed E-state index contributed by atoms with van der Waals surface area (Å²) in [5.41, 5.74) is 12.2. The first-order chi connectivity index (χ1) is 24.7. The largest absolute Gasteiger partial charge is 0.494 e. The standard InChI is InChI=1S/C48H46O2/c1-3-5-7-13-33-49-39-29-21-35(22-30-39)19-25-37-27-28-38(26-20-36-23-31-40(32-24-36)50-34-14-8-6-4-2)46-45(37)47-41-15-9-11-17-43(41)48(46)44-18-12-10-16-42(44)47/h9-12,15-18,21-24,27-32,47-48H,3-8,13-14,33-34H2,1-2H3. The van der Waals surface area contributed by atoms with Crippen molar-refractivity contribution in [3.63, 3.8) is 0 Å². The Balaban J connectivity index is 1.21. The van der Waals surface area contributed by atoms with Gasteiger partial charge in [-0.25, -0.2) is 0 Å². The van der Waals surface area contributed by atoms with Gasteiger partial charge in [0.1, 0.15) is 11.5 Å². The number of hydrogen-bond acceptors (Lipinski definition) is 2. The number of rotatable bonds is 12. The number of hydrogen-bond donors (Lipinski definition) is 0. The summed E-state index contributed by atoms with van der Waals surface area (Å²) in [6.45, 7) is 5.98. The highest BCUT2D eigenvalue weighted by atomic mass is 16.5. The molecule has 50 heavy (non-hydrogen) atoms. The van der Waals surface area contributed by atoms with Crippen LogP contribution in [-0.4, -0.2) is 13.2 Å². The molecule has 8 rings (SSSR count). The van der Waals surface area contributed by atoms with Crippen LogP contribution < -0.4 is 9.47 Å². The second-order valence-electron chi connectivity index (χ2n) is 13.5. The topological polar surface area (TPSA) is 18.5 Å². The normalized spacial score (nSPS) is 14.7. The third-order valence-corrected chi connectivity index (χ3v) is 10.0. The zero-order valence-corrected chi connectivity index (χ0v) is 29.4. The Labute approximate surface area is 298 Å². The molecule has 0 radical (unpaired) electrons. The van der Waals surface area contributed by atoms with E-state index in [1.807, 2.05) is 24.3 Å². The fraction of sp³-hybridized carbons (Fsp3) is 0.292. The third-order valence-electron chi connectivity index (χ3n) is 10.0. The summed E-state index contributed by atoms with van der Waals surface area (Å²) in [6, 6.07) is 38.7. The molecule has 0 aromatic heterocycles. The minimum absolute atomic E-state index is 0.116. The summed E-state index contributed by atoms with van der Waals surface area (Å²) < 4.78 is 12.0. The van der Waals surface area contributed by atoms with Crippen molar-refractivity contribution in [3.05, 3.63) is 165 Å². The lowest BCUT2D eigenvalue weighted by Gasteiger charge is -2.43. The number of unbranched alkanes of at least 4 members (excludes halogenated alkanes) is 6. The Morgan fingerprint density at radius 1 is 0.420 bits per heavy atom. The zero-order valence-electron chi connectivity index (χ0n) is 29.4. The summed E-state index contributed by atoms with van der Waals surface area (Å²) >= 11 is 0. The molecule has 250 valence electrons. The molecule has 0 amide bonds. The van der Waals surface area contributed by atoms with E-state index < -0.39 is 0 Å².